The zero-order valence-corrected chi connectivity index (χ0v) is 5.85. The number of rotatable bonds is 2. The van der Waals surface area contributed by atoms with Crippen molar-refractivity contribution in [2.24, 2.45) is 0 Å². The van der Waals surface area contributed by atoms with Crippen LogP contribution in [-0.2, 0) is 9.59 Å². The highest BCUT2D eigenvalue weighted by Gasteiger charge is 2.09. The second kappa shape index (κ2) is 2.96. The van der Waals surface area contributed by atoms with Crippen LogP contribution in [0.25, 0.3) is 0 Å². The number of Topliss-reactive ketones (excluding diaryl/α,β-unsaturated/α-hetero) is 1. The summed E-state index contributed by atoms with van der Waals surface area (Å²) in [6, 6.07) is 0. The summed E-state index contributed by atoms with van der Waals surface area (Å²) in [7, 11) is 0. The molecule has 11 heavy (non-hydrogen) atoms. The molecule has 0 unspecified atom stereocenters. The minimum atomic E-state index is -0.900. The van der Waals surface area contributed by atoms with E-state index >= 15 is 0 Å². The number of nitrogens with zero attached hydrogens (tertiary/aromatic N) is 2. The van der Waals surface area contributed by atoms with E-state index < -0.39 is 11.8 Å². The van der Waals surface area contributed by atoms with Gasteiger partial charge in [-0.2, -0.15) is 4.73 Å². The predicted molar refractivity (Wildman–Crippen MR) is 34.5 cm³/mol. The van der Waals surface area contributed by atoms with E-state index in [1.54, 1.807) is 0 Å². The van der Waals surface area contributed by atoms with Gasteiger partial charge in [0.05, 0.1) is 6.20 Å². The summed E-state index contributed by atoms with van der Waals surface area (Å²) >= 11 is 0. The molecule has 0 N–H and O–H groups in total. The highest BCUT2D eigenvalue weighted by molar-refractivity contribution is 6.32. The van der Waals surface area contributed by atoms with Crippen molar-refractivity contribution in [3.63, 3.8) is 0 Å². The third kappa shape index (κ3) is 1.89. The van der Waals surface area contributed by atoms with Gasteiger partial charge in [-0.05, 0) is 0 Å². The van der Waals surface area contributed by atoms with E-state index in [0.29, 0.717) is 0 Å². The van der Waals surface area contributed by atoms with Gasteiger partial charge in [-0.15, -0.1) is 0 Å². The third-order valence-corrected chi connectivity index (χ3v) is 0.956. The number of hydrogen-bond acceptors (Lipinski definition) is 4. The minimum absolute atomic E-state index is 0.640. The maximum Gasteiger partial charge on any atom is 0.398 e. The number of carbonyl (C=O) groups excluding carboxylic acids is 2. The molecular weight excluding hydrogens is 148 g/mol. The number of carbonyl (C=O) groups is 2. The van der Waals surface area contributed by atoms with Gasteiger partial charge in [-0.3, -0.25) is 4.79 Å². The van der Waals surface area contributed by atoms with Crippen molar-refractivity contribution in [2.75, 3.05) is 0 Å². The molecule has 0 aliphatic heterocycles. The molecule has 0 amide bonds. The zero-order chi connectivity index (χ0) is 8.27. The van der Waals surface area contributed by atoms with Crippen LogP contribution < -0.4 is 4.84 Å². The number of imidazole rings is 1. The number of hydrogen-bond donors (Lipinski definition) is 0. The highest BCUT2D eigenvalue weighted by Crippen LogP contribution is 1.81. The molecule has 1 rings (SSSR count). The Morgan fingerprint density at radius 2 is 2.27 bits per heavy atom. The van der Waals surface area contributed by atoms with E-state index in [9.17, 15) is 9.59 Å². The van der Waals surface area contributed by atoms with Crippen molar-refractivity contribution in [3.8, 4) is 0 Å². The lowest BCUT2D eigenvalue weighted by Crippen LogP contribution is -2.24. The summed E-state index contributed by atoms with van der Waals surface area (Å²) in [5.74, 6) is -1.54. The molecule has 0 spiro atoms. The van der Waals surface area contributed by atoms with Gasteiger partial charge in [0.2, 0.25) is 5.78 Å². The molecule has 0 aliphatic carbocycles. The van der Waals surface area contributed by atoms with Crippen LogP contribution in [0, 0.1) is 0 Å². The standard InChI is InChI=1S/C6H6N2O3/c1-5(9)6(10)11-8-3-2-7-4-8/h2-4H,1H3. The molecule has 58 valence electrons. The molecule has 0 bridgehead atoms. The van der Waals surface area contributed by atoms with Crippen LogP contribution in [0.1, 0.15) is 6.92 Å². The first-order valence-electron chi connectivity index (χ1n) is 2.91. The van der Waals surface area contributed by atoms with E-state index in [4.69, 9.17) is 0 Å². The third-order valence-electron chi connectivity index (χ3n) is 0.956. The Bertz CT molecular complexity index is 265. The fraction of sp³-hybridized carbons (Fsp3) is 0.167. The minimum Gasteiger partial charge on any atom is -0.327 e. The largest absolute Gasteiger partial charge is 0.398 e. The monoisotopic (exact) mass is 154 g/mol. The highest BCUT2D eigenvalue weighted by atomic mass is 16.7. The Morgan fingerprint density at radius 1 is 1.55 bits per heavy atom. The van der Waals surface area contributed by atoms with Gasteiger partial charge in [0.25, 0.3) is 0 Å². The fourth-order valence-electron chi connectivity index (χ4n) is 0.461. The van der Waals surface area contributed by atoms with Gasteiger partial charge in [0.1, 0.15) is 6.33 Å². The lowest BCUT2D eigenvalue weighted by molar-refractivity contribution is -0.153. The van der Waals surface area contributed by atoms with E-state index in [0.717, 1.165) is 11.7 Å². The fourth-order valence-corrected chi connectivity index (χ4v) is 0.461. The molecule has 0 aliphatic rings. The maximum atomic E-state index is 10.6. The van der Waals surface area contributed by atoms with Gasteiger partial charge < -0.3 is 4.84 Å². The Hall–Kier alpha value is -1.65. The van der Waals surface area contributed by atoms with Crippen LogP contribution in [0.3, 0.4) is 0 Å². The van der Waals surface area contributed by atoms with Crippen molar-refractivity contribution in [3.05, 3.63) is 18.7 Å². The molecule has 5 nitrogen and oxygen atoms in total. The van der Waals surface area contributed by atoms with Crippen molar-refractivity contribution in [1.82, 2.24) is 9.71 Å². The average Bonchev–Trinajstić information content (AvgIpc) is 2.39. The van der Waals surface area contributed by atoms with Crippen molar-refractivity contribution < 1.29 is 14.4 Å². The molecular formula is C6H6N2O3. The van der Waals surface area contributed by atoms with Crippen LogP contribution >= 0.6 is 0 Å². The van der Waals surface area contributed by atoms with E-state index in [2.05, 4.69) is 9.82 Å². The molecule has 0 saturated carbocycles. The lowest BCUT2D eigenvalue weighted by atomic mass is 10.5. The Balaban J connectivity index is 2.57. The predicted octanol–water partition coefficient (Wildman–Crippen LogP) is -0.573. The molecule has 5 heteroatoms. The average molecular weight is 154 g/mol. The summed E-state index contributed by atoms with van der Waals surface area (Å²) in [6.07, 6.45) is 4.13. The van der Waals surface area contributed by atoms with Gasteiger partial charge in [-0.1, -0.05) is 0 Å². The normalized spacial score (nSPS) is 9.18. The molecule has 0 aromatic carbocycles. The smallest absolute Gasteiger partial charge is 0.327 e. The first-order valence-corrected chi connectivity index (χ1v) is 2.91. The van der Waals surface area contributed by atoms with Crippen LogP contribution in [0.15, 0.2) is 18.7 Å². The van der Waals surface area contributed by atoms with Gasteiger partial charge >= 0.3 is 5.97 Å². The van der Waals surface area contributed by atoms with Crippen molar-refractivity contribution in [1.29, 1.82) is 0 Å². The Morgan fingerprint density at radius 3 is 2.73 bits per heavy atom. The summed E-state index contributed by atoms with van der Waals surface area (Å²) in [6.45, 7) is 1.14. The summed E-state index contributed by atoms with van der Waals surface area (Å²) in [4.78, 5) is 29.0. The first-order chi connectivity index (χ1) is 5.20. The van der Waals surface area contributed by atoms with Crippen LogP contribution in [-0.4, -0.2) is 21.5 Å². The summed E-state index contributed by atoms with van der Waals surface area (Å²) in [5, 5.41) is 0. The number of ketones is 1. The zero-order valence-electron chi connectivity index (χ0n) is 5.85. The van der Waals surface area contributed by atoms with Crippen molar-refractivity contribution >= 4 is 11.8 Å². The quantitative estimate of drug-likeness (QED) is 0.535. The second-order valence-electron chi connectivity index (χ2n) is 1.86. The molecule has 1 heterocycles. The van der Waals surface area contributed by atoms with Crippen LogP contribution in [0.4, 0.5) is 0 Å². The lowest BCUT2D eigenvalue weighted by Gasteiger charge is -1.98. The van der Waals surface area contributed by atoms with Crippen LogP contribution in [0.2, 0.25) is 0 Å². The first kappa shape index (κ1) is 7.46. The molecule has 0 atom stereocenters. The van der Waals surface area contributed by atoms with E-state index in [1.807, 2.05) is 0 Å². The molecule has 0 fully saturated rings. The van der Waals surface area contributed by atoms with Crippen LogP contribution in [0.5, 0.6) is 0 Å². The molecule has 1 aromatic rings. The van der Waals surface area contributed by atoms with Gasteiger partial charge in [0, 0.05) is 13.1 Å². The summed E-state index contributed by atoms with van der Waals surface area (Å²) < 4.78 is 1.06. The second-order valence-corrected chi connectivity index (χ2v) is 1.86. The van der Waals surface area contributed by atoms with E-state index in [-0.39, 0.29) is 0 Å². The topological polar surface area (TPSA) is 61.2 Å². The maximum absolute atomic E-state index is 10.6. The Kier molecular flexibility index (Phi) is 2.00. The van der Waals surface area contributed by atoms with Gasteiger partial charge in [0.15, 0.2) is 0 Å². The SMILES string of the molecule is CC(=O)C(=O)On1ccnc1. The number of aromatic nitrogens is 2. The molecule has 1 aromatic heterocycles. The van der Waals surface area contributed by atoms with Gasteiger partial charge in [-0.25, -0.2) is 9.78 Å². The summed E-state index contributed by atoms with van der Waals surface area (Å²) in [5.41, 5.74) is 0. The Labute approximate surface area is 62.6 Å². The molecule has 0 radical (unpaired) electrons. The van der Waals surface area contributed by atoms with E-state index in [1.165, 1.54) is 18.7 Å². The van der Waals surface area contributed by atoms with Crippen molar-refractivity contribution in [2.45, 2.75) is 6.92 Å². The molecule has 0 saturated heterocycles.